The number of benzene rings is 3. The second-order valence-electron chi connectivity index (χ2n) is 6.53. The van der Waals surface area contributed by atoms with Crippen molar-refractivity contribution in [3.63, 3.8) is 0 Å². The first kappa shape index (κ1) is 20.2. The molecule has 4 heteroatoms. The zero-order valence-corrected chi connectivity index (χ0v) is 16.5. The highest BCUT2D eigenvalue weighted by Crippen LogP contribution is 2.12. The molecule has 0 radical (unpaired) electrons. The van der Waals surface area contributed by atoms with Crippen molar-refractivity contribution in [1.29, 1.82) is 0 Å². The van der Waals surface area contributed by atoms with E-state index in [0.717, 1.165) is 36.3 Å². The van der Waals surface area contributed by atoms with Gasteiger partial charge in [0.25, 0.3) is 0 Å². The first-order chi connectivity index (χ1) is 14.3. The van der Waals surface area contributed by atoms with Crippen molar-refractivity contribution >= 4 is 17.7 Å². The molecule has 0 spiro atoms. The summed E-state index contributed by atoms with van der Waals surface area (Å²) in [7, 11) is 0. The quantitative estimate of drug-likeness (QED) is 0.209. The minimum absolute atomic E-state index is 0.159. The van der Waals surface area contributed by atoms with Gasteiger partial charge in [0.2, 0.25) is 5.78 Å². The van der Waals surface area contributed by atoms with Crippen LogP contribution in [0.15, 0.2) is 95.1 Å². The summed E-state index contributed by atoms with van der Waals surface area (Å²) in [6.45, 7) is 2.85. The largest absolute Gasteiger partial charge is 0.494 e. The highest BCUT2D eigenvalue weighted by molar-refractivity contribution is 6.51. The molecule has 0 heterocycles. The molecule has 0 atom stereocenters. The highest BCUT2D eigenvalue weighted by atomic mass is 16.5. The molecule has 29 heavy (non-hydrogen) atoms. The molecule has 0 amide bonds. The van der Waals surface area contributed by atoms with Gasteiger partial charge in [-0.2, -0.15) is 5.10 Å². The molecule has 3 aromatic rings. The van der Waals surface area contributed by atoms with Crippen molar-refractivity contribution < 1.29 is 9.53 Å². The summed E-state index contributed by atoms with van der Waals surface area (Å²) in [5, 5.41) is 8.43. The number of rotatable bonds is 9. The monoisotopic (exact) mass is 384 g/mol. The number of carbonyl (C=O) groups excluding carboxylic acids is 1. The van der Waals surface area contributed by atoms with Gasteiger partial charge in [0.05, 0.1) is 12.8 Å². The summed E-state index contributed by atoms with van der Waals surface area (Å²) in [5.41, 5.74) is 2.51. The lowest BCUT2D eigenvalue weighted by atomic mass is 10.0. The molecule has 3 rings (SSSR count). The Bertz CT molecular complexity index is 963. The number of ketones is 1. The molecular weight excluding hydrogens is 360 g/mol. The van der Waals surface area contributed by atoms with Gasteiger partial charge in [0, 0.05) is 11.1 Å². The highest BCUT2D eigenvalue weighted by Gasteiger charge is 2.15. The summed E-state index contributed by atoms with van der Waals surface area (Å²) in [6, 6.07) is 26.1. The fourth-order valence-electron chi connectivity index (χ4n) is 2.69. The number of unbranched alkanes of at least 4 members (excludes halogenated alkanes) is 1. The summed E-state index contributed by atoms with van der Waals surface area (Å²) >= 11 is 0. The predicted molar refractivity (Wildman–Crippen MR) is 118 cm³/mol. The molecule has 0 aliphatic heterocycles. The molecular formula is C25H24N2O2. The van der Waals surface area contributed by atoms with Crippen LogP contribution in [0.25, 0.3) is 0 Å². The Morgan fingerprint density at radius 1 is 0.862 bits per heavy atom. The van der Waals surface area contributed by atoms with Crippen LogP contribution >= 0.6 is 0 Å². The Morgan fingerprint density at radius 3 is 2.10 bits per heavy atom. The van der Waals surface area contributed by atoms with Crippen LogP contribution in [-0.4, -0.2) is 24.3 Å². The number of hydrogen-bond donors (Lipinski definition) is 0. The van der Waals surface area contributed by atoms with Gasteiger partial charge in [0.15, 0.2) is 0 Å². The Hall–Kier alpha value is -3.53. The maximum atomic E-state index is 12.9. The Balaban J connectivity index is 1.78. The topological polar surface area (TPSA) is 51.0 Å². The maximum Gasteiger partial charge on any atom is 0.213 e. The van der Waals surface area contributed by atoms with E-state index in [9.17, 15) is 4.79 Å². The SMILES string of the molecule is CCCCOc1ccc(/C=N\N=C(\C(=O)c2ccccc2)c2ccccc2)cc1. The zero-order valence-electron chi connectivity index (χ0n) is 16.5. The fraction of sp³-hybridized carbons (Fsp3) is 0.160. The molecule has 4 nitrogen and oxygen atoms in total. The van der Waals surface area contributed by atoms with E-state index < -0.39 is 0 Å². The van der Waals surface area contributed by atoms with E-state index >= 15 is 0 Å². The average molecular weight is 384 g/mol. The first-order valence-electron chi connectivity index (χ1n) is 9.77. The fourth-order valence-corrected chi connectivity index (χ4v) is 2.69. The van der Waals surface area contributed by atoms with Crippen LogP contribution in [0.4, 0.5) is 0 Å². The van der Waals surface area contributed by atoms with Crippen molar-refractivity contribution in [3.8, 4) is 5.75 Å². The lowest BCUT2D eigenvalue weighted by Crippen LogP contribution is -2.15. The van der Waals surface area contributed by atoms with Crippen LogP contribution in [0.2, 0.25) is 0 Å². The maximum absolute atomic E-state index is 12.9. The number of Topliss-reactive ketones (excluding diaryl/α,β-unsaturated/α-hetero) is 1. The van der Waals surface area contributed by atoms with Crippen LogP contribution in [0.1, 0.15) is 41.3 Å². The number of hydrogen-bond acceptors (Lipinski definition) is 4. The third kappa shape index (κ3) is 5.98. The normalized spacial score (nSPS) is 11.6. The van der Waals surface area contributed by atoms with Crippen molar-refractivity contribution in [2.45, 2.75) is 19.8 Å². The summed E-state index contributed by atoms with van der Waals surface area (Å²) < 4.78 is 5.67. The van der Waals surface area contributed by atoms with Gasteiger partial charge >= 0.3 is 0 Å². The van der Waals surface area contributed by atoms with Crippen molar-refractivity contribution in [2.75, 3.05) is 6.61 Å². The third-order valence-electron chi connectivity index (χ3n) is 4.31. The average Bonchev–Trinajstić information content (AvgIpc) is 2.79. The summed E-state index contributed by atoms with van der Waals surface area (Å²) in [5.74, 6) is 0.678. The van der Waals surface area contributed by atoms with Crippen molar-refractivity contribution in [3.05, 3.63) is 102 Å². The summed E-state index contributed by atoms with van der Waals surface area (Å²) in [6.07, 6.45) is 3.78. The number of carbonyl (C=O) groups is 1. The second kappa shape index (κ2) is 10.7. The number of nitrogens with zero attached hydrogens (tertiary/aromatic N) is 2. The lowest BCUT2D eigenvalue weighted by molar-refractivity contribution is 0.106. The minimum Gasteiger partial charge on any atom is -0.494 e. The van der Waals surface area contributed by atoms with Crippen molar-refractivity contribution in [1.82, 2.24) is 0 Å². The second-order valence-corrected chi connectivity index (χ2v) is 6.53. The van der Waals surface area contributed by atoms with Crippen LogP contribution < -0.4 is 4.74 Å². The predicted octanol–water partition coefficient (Wildman–Crippen LogP) is 5.57. The van der Waals surface area contributed by atoms with E-state index in [1.807, 2.05) is 72.8 Å². The Labute approximate surface area is 171 Å². The zero-order chi connectivity index (χ0) is 20.3. The van der Waals surface area contributed by atoms with Gasteiger partial charge in [-0.25, -0.2) is 0 Å². The van der Waals surface area contributed by atoms with Gasteiger partial charge < -0.3 is 4.74 Å². The van der Waals surface area contributed by atoms with E-state index in [4.69, 9.17) is 4.74 Å². The Morgan fingerprint density at radius 2 is 1.48 bits per heavy atom. The van der Waals surface area contributed by atoms with E-state index in [-0.39, 0.29) is 5.78 Å². The molecule has 146 valence electrons. The summed E-state index contributed by atoms with van der Waals surface area (Å²) in [4.78, 5) is 12.9. The standard InChI is InChI=1S/C25H24N2O2/c1-2-3-18-29-23-16-14-20(15-17-23)19-26-27-24(21-10-6-4-7-11-21)25(28)22-12-8-5-9-13-22/h4-17,19H,2-3,18H2,1H3/b26-19-,27-24+. The van der Waals surface area contributed by atoms with E-state index in [0.29, 0.717) is 11.3 Å². The van der Waals surface area contributed by atoms with Gasteiger partial charge in [0.1, 0.15) is 11.5 Å². The lowest BCUT2D eigenvalue weighted by Gasteiger charge is -2.05. The molecule has 0 saturated carbocycles. The molecule has 0 aromatic heterocycles. The molecule has 0 aliphatic carbocycles. The minimum atomic E-state index is -0.159. The smallest absolute Gasteiger partial charge is 0.213 e. The number of ether oxygens (including phenoxy) is 1. The molecule has 0 N–H and O–H groups in total. The van der Waals surface area contributed by atoms with Gasteiger partial charge in [-0.15, -0.1) is 5.10 Å². The molecule has 0 unspecified atom stereocenters. The molecule has 0 bridgehead atoms. The van der Waals surface area contributed by atoms with Gasteiger partial charge in [-0.05, 0) is 36.2 Å². The van der Waals surface area contributed by atoms with Crippen LogP contribution in [-0.2, 0) is 0 Å². The van der Waals surface area contributed by atoms with Crippen LogP contribution in [0.5, 0.6) is 5.75 Å². The molecule has 0 aliphatic rings. The Kier molecular flexibility index (Phi) is 7.47. The van der Waals surface area contributed by atoms with Crippen LogP contribution in [0, 0.1) is 0 Å². The third-order valence-corrected chi connectivity index (χ3v) is 4.31. The molecule has 0 saturated heterocycles. The van der Waals surface area contributed by atoms with Gasteiger partial charge in [-0.1, -0.05) is 74.0 Å². The van der Waals surface area contributed by atoms with Crippen molar-refractivity contribution in [2.24, 2.45) is 10.2 Å². The van der Waals surface area contributed by atoms with Gasteiger partial charge in [-0.3, -0.25) is 4.79 Å². The molecule has 3 aromatic carbocycles. The van der Waals surface area contributed by atoms with E-state index in [1.165, 1.54) is 0 Å². The van der Waals surface area contributed by atoms with E-state index in [1.54, 1.807) is 18.3 Å². The van der Waals surface area contributed by atoms with Crippen LogP contribution in [0.3, 0.4) is 0 Å². The molecule has 0 fully saturated rings. The first-order valence-corrected chi connectivity index (χ1v) is 9.77. The van der Waals surface area contributed by atoms with E-state index in [2.05, 4.69) is 17.1 Å².